The number of fused-ring (bicyclic) bond motifs is 2. The summed E-state index contributed by atoms with van der Waals surface area (Å²) in [5.74, 6) is 0.886. The van der Waals surface area contributed by atoms with E-state index in [4.69, 9.17) is 0 Å². The van der Waals surface area contributed by atoms with Crippen LogP contribution in [0.5, 0.6) is 0 Å². The van der Waals surface area contributed by atoms with Gasteiger partial charge in [-0.05, 0) is 28.6 Å². The number of rotatable bonds is 2. The largest absolute Gasteiger partial charge is 0.396 e. The lowest BCUT2D eigenvalue weighted by molar-refractivity contribution is 0.0727. The topological polar surface area (TPSA) is 40.5 Å². The molecule has 0 aromatic rings. The Balaban J connectivity index is 2.43. The van der Waals surface area contributed by atoms with Crippen LogP contribution < -0.4 is 0 Å². The molecule has 0 amide bonds. The lowest BCUT2D eigenvalue weighted by Gasteiger charge is -2.37. The SMILES string of the molecule is CC1(C)C2C=CC1(C)C(CO)C2CO. The maximum Gasteiger partial charge on any atom is 0.0471 e. The maximum absolute atomic E-state index is 9.44. The quantitative estimate of drug-likeness (QED) is 0.656. The van der Waals surface area contributed by atoms with Crippen LogP contribution in [0.2, 0.25) is 0 Å². The minimum absolute atomic E-state index is 0.0554. The predicted molar refractivity (Wildman–Crippen MR) is 55.7 cm³/mol. The molecule has 0 heterocycles. The van der Waals surface area contributed by atoms with Crippen molar-refractivity contribution in [2.45, 2.75) is 20.8 Å². The van der Waals surface area contributed by atoms with Gasteiger partial charge in [0.25, 0.3) is 0 Å². The van der Waals surface area contributed by atoms with Gasteiger partial charge in [0.15, 0.2) is 0 Å². The highest BCUT2D eigenvalue weighted by atomic mass is 16.3. The zero-order valence-corrected chi connectivity index (χ0v) is 9.20. The van der Waals surface area contributed by atoms with Gasteiger partial charge in [-0.3, -0.25) is 0 Å². The number of hydrogen-bond acceptors (Lipinski definition) is 2. The molecule has 0 aliphatic heterocycles. The zero-order valence-electron chi connectivity index (χ0n) is 9.20. The van der Waals surface area contributed by atoms with E-state index in [-0.39, 0.29) is 35.9 Å². The molecular formula is C12H20O2. The lowest BCUT2D eigenvalue weighted by Crippen LogP contribution is -2.34. The fraction of sp³-hybridized carbons (Fsp3) is 0.833. The van der Waals surface area contributed by atoms with Crippen LogP contribution in [0.3, 0.4) is 0 Å². The Morgan fingerprint density at radius 2 is 1.79 bits per heavy atom. The lowest BCUT2D eigenvalue weighted by atomic mass is 9.67. The number of aliphatic hydroxyl groups excluding tert-OH is 2. The average Bonchev–Trinajstić information content (AvgIpc) is 2.46. The van der Waals surface area contributed by atoms with E-state index in [2.05, 4.69) is 32.9 Å². The molecule has 4 atom stereocenters. The third-order valence-electron chi connectivity index (χ3n) is 5.03. The van der Waals surface area contributed by atoms with Gasteiger partial charge in [0.05, 0.1) is 0 Å². The van der Waals surface area contributed by atoms with Gasteiger partial charge in [0.1, 0.15) is 0 Å². The molecule has 2 N–H and O–H groups in total. The molecule has 0 spiro atoms. The summed E-state index contributed by atoms with van der Waals surface area (Å²) >= 11 is 0. The van der Waals surface area contributed by atoms with Crippen LogP contribution in [-0.4, -0.2) is 23.4 Å². The molecule has 2 bridgehead atoms. The fourth-order valence-electron chi connectivity index (χ4n) is 3.66. The van der Waals surface area contributed by atoms with Gasteiger partial charge in [-0.25, -0.2) is 0 Å². The molecule has 1 fully saturated rings. The third kappa shape index (κ3) is 0.887. The number of aliphatic hydroxyl groups is 2. The van der Waals surface area contributed by atoms with Crippen molar-refractivity contribution in [3.8, 4) is 0 Å². The smallest absolute Gasteiger partial charge is 0.0471 e. The monoisotopic (exact) mass is 196 g/mol. The molecule has 2 aliphatic carbocycles. The highest BCUT2D eigenvalue weighted by molar-refractivity contribution is 5.27. The Bertz CT molecular complexity index is 269. The summed E-state index contributed by atoms with van der Waals surface area (Å²) in [6, 6.07) is 0. The highest BCUT2D eigenvalue weighted by Gasteiger charge is 2.62. The minimum atomic E-state index is 0.0554. The molecule has 1 saturated carbocycles. The molecule has 4 unspecified atom stereocenters. The van der Waals surface area contributed by atoms with Crippen LogP contribution in [0, 0.1) is 28.6 Å². The van der Waals surface area contributed by atoms with Crippen LogP contribution in [0.1, 0.15) is 20.8 Å². The van der Waals surface area contributed by atoms with E-state index in [1.807, 2.05) is 0 Å². The molecule has 2 rings (SSSR count). The molecule has 2 nitrogen and oxygen atoms in total. The van der Waals surface area contributed by atoms with Gasteiger partial charge in [-0.1, -0.05) is 32.9 Å². The van der Waals surface area contributed by atoms with Crippen molar-refractivity contribution in [2.75, 3.05) is 13.2 Å². The van der Waals surface area contributed by atoms with Crippen molar-refractivity contribution in [1.82, 2.24) is 0 Å². The second-order valence-electron chi connectivity index (χ2n) is 5.52. The van der Waals surface area contributed by atoms with Crippen molar-refractivity contribution in [2.24, 2.45) is 28.6 Å². The summed E-state index contributed by atoms with van der Waals surface area (Å²) in [7, 11) is 0. The van der Waals surface area contributed by atoms with Gasteiger partial charge < -0.3 is 10.2 Å². The van der Waals surface area contributed by atoms with Crippen molar-refractivity contribution in [3.05, 3.63) is 12.2 Å². The summed E-state index contributed by atoms with van der Waals surface area (Å²) in [5, 5.41) is 18.8. The van der Waals surface area contributed by atoms with Crippen LogP contribution in [-0.2, 0) is 0 Å². The summed E-state index contributed by atoms with van der Waals surface area (Å²) in [6.45, 7) is 7.08. The first-order chi connectivity index (χ1) is 6.49. The van der Waals surface area contributed by atoms with E-state index in [1.54, 1.807) is 0 Å². The van der Waals surface area contributed by atoms with Crippen molar-refractivity contribution in [3.63, 3.8) is 0 Å². The van der Waals surface area contributed by atoms with Crippen LogP contribution in [0.25, 0.3) is 0 Å². The Kier molecular flexibility index (Phi) is 2.06. The second kappa shape index (κ2) is 2.83. The molecule has 0 saturated heterocycles. The van der Waals surface area contributed by atoms with E-state index in [1.165, 1.54) is 0 Å². The molecule has 2 aliphatic rings. The van der Waals surface area contributed by atoms with E-state index in [0.29, 0.717) is 5.92 Å². The van der Waals surface area contributed by atoms with Gasteiger partial charge in [0.2, 0.25) is 0 Å². The van der Waals surface area contributed by atoms with Crippen molar-refractivity contribution < 1.29 is 10.2 Å². The van der Waals surface area contributed by atoms with Crippen LogP contribution in [0.4, 0.5) is 0 Å². The predicted octanol–water partition coefficient (Wildman–Crippen LogP) is 1.44. The van der Waals surface area contributed by atoms with Crippen molar-refractivity contribution in [1.29, 1.82) is 0 Å². The standard InChI is InChI=1S/C12H20O2/c1-11(2)9-4-5-12(11,3)10(7-14)8(9)6-13/h4-5,8-10,13-14H,6-7H2,1-3H3. The first kappa shape index (κ1) is 10.2. The van der Waals surface area contributed by atoms with E-state index >= 15 is 0 Å². The molecular weight excluding hydrogens is 176 g/mol. The maximum atomic E-state index is 9.44. The van der Waals surface area contributed by atoms with E-state index in [9.17, 15) is 10.2 Å². The number of hydrogen-bond donors (Lipinski definition) is 2. The van der Waals surface area contributed by atoms with Gasteiger partial charge >= 0.3 is 0 Å². The summed E-state index contributed by atoms with van der Waals surface area (Å²) in [5.41, 5.74) is 0.230. The van der Waals surface area contributed by atoms with E-state index in [0.717, 1.165) is 0 Å². The molecule has 0 radical (unpaired) electrons. The summed E-state index contributed by atoms with van der Waals surface area (Å²) in [6.07, 6.45) is 4.47. The minimum Gasteiger partial charge on any atom is -0.396 e. The summed E-state index contributed by atoms with van der Waals surface area (Å²) < 4.78 is 0. The van der Waals surface area contributed by atoms with Gasteiger partial charge in [0, 0.05) is 13.2 Å². The summed E-state index contributed by atoms with van der Waals surface area (Å²) in [4.78, 5) is 0. The molecule has 2 heteroatoms. The first-order valence-corrected chi connectivity index (χ1v) is 5.40. The second-order valence-corrected chi connectivity index (χ2v) is 5.52. The Labute approximate surface area is 85.6 Å². The normalized spacial score (nSPS) is 48.8. The molecule has 14 heavy (non-hydrogen) atoms. The van der Waals surface area contributed by atoms with Crippen LogP contribution in [0.15, 0.2) is 12.2 Å². The zero-order chi connectivity index (χ0) is 10.6. The number of allylic oxidation sites excluding steroid dienone is 2. The van der Waals surface area contributed by atoms with Gasteiger partial charge in [-0.2, -0.15) is 0 Å². The first-order valence-electron chi connectivity index (χ1n) is 5.40. The Morgan fingerprint density at radius 3 is 2.21 bits per heavy atom. The fourth-order valence-corrected chi connectivity index (χ4v) is 3.66. The molecule has 80 valence electrons. The van der Waals surface area contributed by atoms with Crippen molar-refractivity contribution >= 4 is 0 Å². The average molecular weight is 196 g/mol. The third-order valence-corrected chi connectivity index (χ3v) is 5.03. The van der Waals surface area contributed by atoms with E-state index < -0.39 is 0 Å². The van der Waals surface area contributed by atoms with Gasteiger partial charge in [-0.15, -0.1) is 0 Å². The van der Waals surface area contributed by atoms with Crippen LogP contribution >= 0.6 is 0 Å². The molecule has 0 aromatic heterocycles. The Morgan fingerprint density at radius 1 is 1.14 bits per heavy atom. The molecule has 0 aromatic carbocycles. The Hall–Kier alpha value is -0.340. The highest BCUT2D eigenvalue weighted by Crippen LogP contribution is 2.66.